The number of aliphatic carboxylic acids is 1. The Morgan fingerprint density at radius 2 is 2.00 bits per heavy atom. The number of rotatable bonds is 6. The van der Waals surface area contributed by atoms with E-state index in [1.165, 1.54) is 18.2 Å². The van der Waals surface area contributed by atoms with E-state index in [0.29, 0.717) is 11.4 Å². The Morgan fingerprint density at radius 3 is 2.52 bits per heavy atom. The molecule has 0 radical (unpaired) electrons. The third kappa shape index (κ3) is 3.82. The molecule has 0 aliphatic rings. The molecule has 1 heterocycles. The summed E-state index contributed by atoms with van der Waals surface area (Å²) in [4.78, 5) is 10.9. The highest BCUT2D eigenvalue weighted by atomic mass is 32.2. The van der Waals surface area contributed by atoms with Gasteiger partial charge in [0.25, 0.3) is 0 Å². The fourth-order valence-corrected chi connectivity index (χ4v) is 3.23. The molecule has 0 aliphatic carbocycles. The number of anilines is 1. The van der Waals surface area contributed by atoms with Gasteiger partial charge in [0.05, 0.1) is 5.69 Å². The van der Waals surface area contributed by atoms with E-state index in [0.717, 1.165) is 4.31 Å². The predicted molar refractivity (Wildman–Crippen MR) is 75.3 cm³/mol. The minimum atomic E-state index is -3.88. The van der Waals surface area contributed by atoms with Gasteiger partial charge in [-0.05, 0) is 19.1 Å². The van der Waals surface area contributed by atoms with Crippen molar-refractivity contribution >= 4 is 21.7 Å². The third-order valence-electron chi connectivity index (χ3n) is 2.67. The normalized spacial score (nSPS) is 11.3. The topological polar surface area (TPSA) is 101 Å². The Labute approximate surface area is 121 Å². The van der Waals surface area contributed by atoms with Crippen molar-refractivity contribution in [2.45, 2.75) is 12.7 Å². The SMILES string of the molecule is Cc1cc(CS(=O)(=O)N(CC(=O)O)c2ccccc2)no1. The number of para-hydroxylation sites is 1. The molecular formula is C13H14N2O5S. The van der Waals surface area contributed by atoms with Crippen LogP contribution in [0.1, 0.15) is 11.5 Å². The number of hydrogen-bond acceptors (Lipinski definition) is 5. The second kappa shape index (κ2) is 5.96. The van der Waals surface area contributed by atoms with Gasteiger partial charge in [-0.25, -0.2) is 8.42 Å². The van der Waals surface area contributed by atoms with Crippen LogP contribution in [0.25, 0.3) is 0 Å². The zero-order valence-electron chi connectivity index (χ0n) is 11.3. The molecule has 0 atom stereocenters. The van der Waals surface area contributed by atoms with E-state index < -0.39 is 28.3 Å². The molecule has 112 valence electrons. The van der Waals surface area contributed by atoms with E-state index >= 15 is 0 Å². The number of aryl methyl sites for hydroxylation is 1. The summed E-state index contributed by atoms with van der Waals surface area (Å²) in [5.74, 6) is -1.17. The standard InChI is InChI=1S/C13H14N2O5S/c1-10-7-11(14-20-10)9-21(18,19)15(8-13(16)17)12-5-3-2-4-6-12/h2-7H,8-9H2,1H3,(H,16,17). The highest BCUT2D eigenvalue weighted by molar-refractivity contribution is 7.92. The average Bonchev–Trinajstić information content (AvgIpc) is 2.81. The summed E-state index contributed by atoms with van der Waals surface area (Å²) in [6.07, 6.45) is 0. The van der Waals surface area contributed by atoms with Crippen LogP contribution in [0.2, 0.25) is 0 Å². The van der Waals surface area contributed by atoms with Crippen LogP contribution in [0.5, 0.6) is 0 Å². The minimum absolute atomic E-state index is 0.235. The molecule has 1 aromatic carbocycles. The zero-order chi connectivity index (χ0) is 15.5. The lowest BCUT2D eigenvalue weighted by Crippen LogP contribution is -2.36. The number of hydrogen-bond donors (Lipinski definition) is 1. The van der Waals surface area contributed by atoms with Gasteiger partial charge in [0.15, 0.2) is 0 Å². The first-order valence-corrected chi connectivity index (χ1v) is 7.69. The molecule has 0 saturated heterocycles. The van der Waals surface area contributed by atoms with Crippen molar-refractivity contribution in [3.05, 3.63) is 47.9 Å². The van der Waals surface area contributed by atoms with E-state index in [4.69, 9.17) is 9.63 Å². The number of sulfonamides is 1. The molecule has 2 rings (SSSR count). The first-order valence-electron chi connectivity index (χ1n) is 6.08. The molecule has 8 heteroatoms. The number of benzene rings is 1. The van der Waals surface area contributed by atoms with Crippen molar-refractivity contribution in [2.24, 2.45) is 0 Å². The van der Waals surface area contributed by atoms with Crippen molar-refractivity contribution in [1.29, 1.82) is 0 Å². The van der Waals surface area contributed by atoms with Crippen molar-refractivity contribution in [2.75, 3.05) is 10.8 Å². The van der Waals surface area contributed by atoms with Crippen molar-refractivity contribution in [1.82, 2.24) is 5.16 Å². The van der Waals surface area contributed by atoms with E-state index in [1.807, 2.05) is 0 Å². The van der Waals surface area contributed by atoms with Gasteiger partial charge in [0.1, 0.15) is 23.8 Å². The maximum absolute atomic E-state index is 12.4. The first-order chi connectivity index (χ1) is 9.88. The summed E-state index contributed by atoms with van der Waals surface area (Å²) in [6, 6.07) is 9.57. The highest BCUT2D eigenvalue weighted by Gasteiger charge is 2.26. The Bertz CT molecular complexity index is 724. The van der Waals surface area contributed by atoms with E-state index in [9.17, 15) is 13.2 Å². The quantitative estimate of drug-likeness (QED) is 0.865. The second-order valence-electron chi connectivity index (χ2n) is 4.42. The molecular weight excluding hydrogens is 296 g/mol. The van der Waals surface area contributed by atoms with Gasteiger partial charge in [-0.3, -0.25) is 9.10 Å². The van der Waals surface area contributed by atoms with Crippen molar-refractivity contribution in [3.63, 3.8) is 0 Å². The molecule has 1 N–H and O–H groups in total. The van der Waals surface area contributed by atoms with Gasteiger partial charge in [0, 0.05) is 6.07 Å². The number of nitrogens with zero attached hydrogens (tertiary/aromatic N) is 2. The van der Waals surface area contributed by atoms with Gasteiger partial charge < -0.3 is 9.63 Å². The smallest absolute Gasteiger partial charge is 0.324 e. The summed E-state index contributed by atoms with van der Waals surface area (Å²) in [5.41, 5.74) is 0.527. The van der Waals surface area contributed by atoms with Gasteiger partial charge in [-0.15, -0.1) is 0 Å². The third-order valence-corrected chi connectivity index (χ3v) is 4.34. The van der Waals surface area contributed by atoms with Crippen LogP contribution < -0.4 is 4.31 Å². The molecule has 1 aromatic heterocycles. The van der Waals surface area contributed by atoms with Crippen LogP contribution in [0.15, 0.2) is 40.9 Å². The minimum Gasteiger partial charge on any atom is -0.480 e. The van der Waals surface area contributed by atoms with E-state index in [-0.39, 0.29) is 5.69 Å². The van der Waals surface area contributed by atoms with Crippen LogP contribution in [0, 0.1) is 6.92 Å². The van der Waals surface area contributed by atoms with E-state index in [1.54, 1.807) is 25.1 Å². The Balaban J connectivity index is 2.33. The molecule has 21 heavy (non-hydrogen) atoms. The van der Waals surface area contributed by atoms with Crippen LogP contribution in [-0.4, -0.2) is 31.2 Å². The monoisotopic (exact) mass is 310 g/mol. The summed E-state index contributed by atoms with van der Waals surface area (Å²) in [7, 11) is -3.88. The lowest BCUT2D eigenvalue weighted by Gasteiger charge is -2.22. The van der Waals surface area contributed by atoms with Gasteiger partial charge >= 0.3 is 5.97 Å². The van der Waals surface area contributed by atoms with Gasteiger partial charge in [0.2, 0.25) is 10.0 Å². The first kappa shape index (κ1) is 15.0. The summed E-state index contributed by atoms with van der Waals surface area (Å²) < 4.78 is 30.5. The zero-order valence-corrected chi connectivity index (χ0v) is 12.1. The van der Waals surface area contributed by atoms with Crippen LogP contribution in [-0.2, 0) is 20.6 Å². The Morgan fingerprint density at radius 1 is 1.33 bits per heavy atom. The molecule has 0 fully saturated rings. The van der Waals surface area contributed by atoms with Crippen LogP contribution in [0.4, 0.5) is 5.69 Å². The number of carbonyl (C=O) groups is 1. The fraction of sp³-hybridized carbons (Fsp3) is 0.231. The largest absolute Gasteiger partial charge is 0.480 e. The van der Waals surface area contributed by atoms with Crippen LogP contribution in [0.3, 0.4) is 0 Å². The maximum Gasteiger partial charge on any atom is 0.324 e. The van der Waals surface area contributed by atoms with Crippen molar-refractivity contribution < 1.29 is 22.8 Å². The van der Waals surface area contributed by atoms with E-state index in [2.05, 4.69) is 5.16 Å². The molecule has 0 amide bonds. The Kier molecular flexibility index (Phi) is 4.27. The van der Waals surface area contributed by atoms with Crippen LogP contribution >= 0.6 is 0 Å². The highest BCUT2D eigenvalue weighted by Crippen LogP contribution is 2.20. The second-order valence-corrected chi connectivity index (χ2v) is 6.31. The average molecular weight is 310 g/mol. The fourth-order valence-electron chi connectivity index (χ4n) is 1.82. The van der Waals surface area contributed by atoms with Crippen molar-refractivity contribution in [3.8, 4) is 0 Å². The van der Waals surface area contributed by atoms with Gasteiger partial charge in [-0.2, -0.15) is 0 Å². The molecule has 0 bridgehead atoms. The molecule has 0 aliphatic heterocycles. The lowest BCUT2D eigenvalue weighted by molar-refractivity contribution is -0.135. The predicted octanol–water partition coefficient (Wildman–Crippen LogP) is 1.40. The summed E-state index contributed by atoms with van der Waals surface area (Å²) in [5, 5.41) is 12.6. The summed E-state index contributed by atoms with van der Waals surface area (Å²) in [6.45, 7) is 0.999. The van der Waals surface area contributed by atoms with Gasteiger partial charge in [-0.1, -0.05) is 23.4 Å². The Hall–Kier alpha value is -2.35. The molecule has 7 nitrogen and oxygen atoms in total. The number of aromatic nitrogens is 1. The molecule has 0 saturated carbocycles. The molecule has 2 aromatic rings. The molecule has 0 unspecified atom stereocenters. The number of carboxylic acids is 1. The molecule has 0 spiro atoms. The lowest BCUT2D eigenvalue weighted by atomic mass is 10.3. The maximum atomic E-state index is 12.4. The summed E-state index contributed by atoms with van der Waals surface area (Å²) >= 11 is 0. The number of carboxylic acid groups (broad SMARTS) is 1.